The second-order valence-electron chi connectivity index (χ2n) is 7.54. The first-order valence-electron chi connectivity index (χ1n) is 10.5. The maximum atomic E-state index is 13.2. The fourth-order valence-corrected chi connectivity index (χ4v) is 3.56. The number of hydrogen-bond acceptors (Lipinski definition) is 5. The Balaban J connectivity index is 1.56. The average molecular weight is 415 g/mol. The van der Waals surface area contributed by atoms with E-state index >= 15 is 0 Å². The third kappa shape index (κ3) is 5.38. The smallest absolute Gasteiger partial charge is 0.178 e. The molecule has 5 nitrogen and oxygen atoms in total. The van der Waals surface area contributed by atoms with Gasteiger partial charge in [-0.2, -0.15) is 0 Å². The average Bonchev–Trinajstić information content (AvgIpc) is 2.83. The maximum Gasteiger partial charge on any atom is 0.178 e. The molecule has 0 radical (unpaired) electrons. The summed E-state index contributed by atoms with van der Waals surface area (Å²) in [6.45, 7) is 1.71. The third-order valence-corrected chi connectivity index (χ3v) is 5.31. The number of ketones is 2. The predicted molar refractivity (Wildman–Crippen MR) is 118 cm³/mol. The summed E-state index contributed by atoms with van der Waals surface area (Å²) in [6.07, 6.45) is 0.370. The van der Waals surface area contributed by atoms with E-state index in [1.165, 1.54) is 0 Å². The van der Waals surface area contributed by atoms with Crippen LogP contribution < -0.4 is 14.8 Å². The van der Waals surface area contributed by atoms with Crippen molar-refractivity contribution in [3.05, 3.63) is 95.6 Å². The quantitative estimate of drug-likeness (QED) is 0.441. The van der Waals surface area contributed by atoms with Crippen LogP contribution in [0.2, 0.25) is 0 Å². The number of rotatable bonds is 8. The van der Waals surface area contributed by atoms with Crippen molar-refractivity contribution in [2.24, 2.45) is 5.92 Å². The number of benzene rings is 3. The molecule has 4 rings (SSSR count). The van der Waals surface area contributed by atoms with Crippen molar-refractivity contribution in [3.8, 4) is 11.5 Å². The molecule has 1 N–H and O–H groups in total. The molecule has 1 heterocycles. The predicted octanol–water partition coefficient (Wildman–Crippen LogP) is 4.21. The normalized spacial score (nSPS) is 16.0. The molecule has 0 bridgehead atoms. The van der Waals surface area contributed by atoms with Crippen LogP contribution in [0.3, 0.4) is 0 Å². The molecular formula is C26H25NO4. The Labute approximate surface area is 182 Å². The molecule has 1 aliphatic heterocycles. The van der Waals surface area contributed by atoms with E-state index in [1.807, 2.05) is 60.7 Å². The largest absolute Gasteiger partial charge is 0.489 e. The highest BCUT2D eigenvalue weighted by atomic mass is 16.5. The number of ether oxygens (including phenoxy) is 2. The maximum absolute atomic E-state index is 13.2. The molecule has 1 fully saturated rings. The van der Waals surface area contributed by atoms with Crippen molar-refractivity contribution >= 4 is 11.6 Å². The van der Waals surface area contributed by atoms with Crippen LogP contribution >= 0.6 is 0 Å². The molecule has 0 aliphatic carbocycles. The highest BCUT2D eigenvalue weighted by Gasteiger charge is 2.31. The zero-order valence-corrected chi connectivity index (χ0v) is 17.3. The van der Waals surface area contributed by atoms with E-state index in [0.29, 0.717) is 49.8 Å². The topological polar surface area (TPSA) is 64.6 Å². The van der Waals surface area contributed by atoms with Crippen molar-refractivity contribution < 1.29 is 19.1 Å². The van der Waals surface area contributed by atoms with Gasteiger partial charge >= 0.3 is 0 Å². The van der Waals surface area contributed by atoms with Gasteiger partial charge in [-0.25, -0.2) is 0 Å². The molecule has 1 aliphatic rings. The molecule has 0 spiro atoms. The monoisotopic (exact) mass is 415 g/mol. The summed E-state index contributed by atoms with van der Waals surface area (Å²) in [6, 6.07) is 24.8. The second kappa shape index (κ2) is 10.0. The van der Waals surface area contributed by atoms with Crippen LogP contribution in [0.25, 0.3) is 0 Å². The van der Waals surface area contributed by atoms with Crippen LogP contribution in [-0.2, 0) is 18.0 Å². The van der Waals surface area contributed by atoms with Crippen LogP contribution in [-0.4, -0.2) is 24.7 Å². The molecule has 1 atom stereocenters. The number of Topliss-reactive ketones (excluding diaryl/α,β-unsaturated/α-hetero) is 2. The van der Waals surface area contributed by atoms with Crippen molar-refractivity contribution in [2.45, 2.75) is 19.6 Å². The zero-order valence-electron chi connectivity index (χ0n) is 17.3. The Hall–Kier alpha value is -3.44. The van der Waals surface area contributed by atoms with Crippen molar-refractivity contribution in [1.82, 2.24) is 5.32 Å². The number of carbonyl (C=O) groups excluding carboxylic acids is 2. The van der Waals surface area contributed by atoms with Crippen LogP contribution in [0, 0.1) is 5.92 Å². The minimum Gasteiger partial charge on any atom is -0.489 e. The first-order valence-corrected chi connectivity index (χ1v) is 10.5. The van der Waals surface area contributed by atoms with Gasteiger partial charge in [0, 0.05) is 25.6 Å². The van der Waals surface area contributed by atoms with E-state index in [9.17, 15) is 9.59 Å². The second-order valence-corrected chi connectivity index (χ2v) is 7.54. The first kappa shape index (κ1) is 20.8. The van der Waals surface area contributed by atoms with Crippen LogP contribution in [0.4, 0.5) is 0 Å². The summed E-state index contributed by atoms with van der Waals surface area (Å²) in [7, 11) is 0. The van der Waals surface area contributed by atoms with Gasteiger partial charge in [-0.05, 0) is 23.3 Å². The standard InChI is InChI=1S/C26H25NO4/c28-24-13-14-27-16-23(24)26(29)22-12-11-21(30-17-19-7-3-1-4-8-19)15-25(22)31-18-20-9-5-2-6-10-20/h1-12,15,23,27H,13-14,16-18H2. The zero-order chi connectivity index (χ0) is 21.5. The Kier molecular flexibility index (Phi) is 6.75. The van der Waals surface area contributed by atoms with Gasteiger partial charge in [-0.15, -0.1) is 0 Å². The lowest BCUT2D eigenvalue weighted by molar-refractivity contribution is -0.122. The number of piperidine rings is 1. The van der Waals surface area contributed by atoms with Gasteiger partial charge < -0.3 is 14.8 Å². The molecular weight excluding hydrogens is 390 g/mol. The van der Waals surface area contributed by atoms with E-state index in [4.69, 9.17) is 9.47 Å². The van der Waals surface area contributed by atoms with Crippen LogP contribution in [0.5, 0.6) is 11.5 Å². The van der Waals surface area contributed by atoms with Gasteiger partial charge in [-0.1, -0.05) is 60.7 Å². The SMILES string of the molecule is O=C1CCNCC1C(=O)c1ccc(OCc2ccccc2)cc1OCc1ccccc1. The molecule has 1 saturated heterocycles. The molecule has 1 unspecified atom stereocenters. The molecule has 0 saturated carbocycles. The highest BCUT2D eigenvalue weighted by molar-refractivity contribution is 6.12. The summed E-state index contributed by atoms with van der Waals surface area (Å²) in [5.41, 5.74) is 2.45. The van der Waals surface area contributed by atoms with Gasteiger partial charge in [0.25, 0.3) is 0 Å². The fourth-order valence-electron chi connectivity index (χ4n) is 3.56. The molecule has 158 valence electrons. The van der Waals surface area contributed by atoms with Crippen LogP contribution in [0.15, 0.2) is 78.9 Å². The Morgan fingerprint density at radius 1 is 0.871 bits per heavy atom. The minimum absolute atomic E-state index is 0.0258. The van der Waals surface area contributed by atoms with Gasteiger partial charge in [0.2, 0.25) is 0 Å². The summed E-state index contributed by atoms with van der Waals surface area (Å²) in [5.74, 6) is 0.121. The Bertz CT molecular complexity index is 1030. The lowest BCUT2D eigenvalue weighted by atomic mass is 9.89. The minimum atomic E-state index is -0.677. The molecule has 0 aromatic heterocycles. The van der Waals surface area contributed by atoms with E-state index in [0.717, 1.165) is 11.1 Å². The van der Waals surface area contributed by atoms with Crippen molar-refractivity contribution in [2.75, 3.05) is 13.1 Å². The summed E-state index contributed by atoms with van der Waals surface area (Å²) < 4.78 is 11.9. The molecule has 0 amide bonds. The highest BCUT2D eigenvalue weighted by Crippen LogP contribution is 2.29. The van der Waals surface area contributed by atoms with Gasteiger partial charge in [0.15, 0.2) is 5.78 Å². The molecule has 3 aromatic rings. The molecule has 3 aromatic carbocycles. The van der Waals surface area contributed by atoms with Gasteiger partial charge in [0.05, 0.1) is 11.5 Å². The lowest BCUT2D eigenvalue weighted by Crippen LogP contribution is -2.41. The summed E-state index contributed by atoms with van der Waals surface area (Å²) >= 11 is 0. The van der Waals surface area contributed by atoms with E-state index in [-0.39, 0.29) is 11.6 Å². The Morgan fingerprint density at radius 2 is 1.52 bits per heavy atom. The first-order chi connectivity index (χ1) is 15.2. The van der Waals surface area contributed by atoms with Crippen molar-refractivity contribution in [3.63, 3.8) is 0 Å². The number of nitrogens with one attached hydrogen (secondary N) is 1. The van der Waals surface area contributed by atoms with Crippen LogP contribution in [0.1, 0.15) is 27.9 Å². The Morgan fingerprint density at radius 3 is 2.16 bits per heavy atom. The lowest BCUT2D eigenvalue weighted by Gasteiger charge is -2.22. The van der Waals surface area contributed by atoms with E-state index in [2.05, 4.69) is 5.32 Å². The number of hydrogen-bond donors (Lipinski definition) is 1. The van der Waals surface area contributed by atoms with E-state index in [1.54, 1.807) is 18.2 Å². The molecule has 5 heteroatoms. The number of carbonyl (C=O) groups is 2. The van der Waals surface area contributed by atoms with Gasteiger partial charge in [-0.3, -0.25) is 9.59 Å². The van der Waals surface area contributed by atoms with Crippen molar-refractivity contribution in [1.29, 1.82) is 0 Å². The van der Waals surface area contributed by atoms with E-state index < -0.39 is 5.92 Å². The summed E-state index contributed by atoms with van der Waals surface area (Å²) in [4.78, 5) is 25.5. The summed E-state index contributed by atoms with van der Waals surface area (Å²) in [5, 5.41) is 3.14. The third-order valence-electron chi connectivity index (χ3n) is 5.31. The fraction of sp³-hybridized carbons (Fsp3) is 0.231. The molecule has 31 heavy (non-hydrogen) atoms. The van der Waals surface area contributed by atoms with Gasteiger partial charge in [0.1, 0.15) is 30.5 Å².